The van der Waals surface area contributed by atoms with Gasteiger partial charge in [0, 0.05) is 17.0 Å². The zero-order valence-corrected chi connectivity index (χ0v) is 11.6. The van der Waals surface area contributed by atoms with Crippen LogP contribution >= 0.6 is 15.9 Å². The summed E-state index contributed by atoms with van der Waals surface area (Å²) in [6.45, 7) is 2.00. The summed E-state index contributed by atoms with van der Waals surface area (Å²) < 4.78 is 6.02. The molecular formula is C12H14BrNO4. The average Bonchev–Trinajstić information content (AvgIpc) is 2.27. The lowest BCUT2D eigenvalue weighted by molar-refractivity contribution is -0.385. The van der Waals surface area contributed by atoms with Gasteiger partial charge in [0.05, 0.1) is 17.6 Å². The van der Waals surface area contributed by atoms with Gasteiger partial charge in [-0.3, -0.25) is 10.1 Å². The first-order valence-corrected chi connectivity index (χ1v) is 6.35. The number of nitro benzene ring substituents is 1. The number of carbonyl (C=O) groups excluding carboxylic acids is 1. The van der Waals surface area contributed by atoms with Crippen LogP contribution in [0.2, 0.25) is 0 Å². The van der Waals surface area contributed by atoms with Crippen LogP contribution in [0, 0.1) is 10.1 Å². The number of halogens is 1. The second-order valence-electron chi connectivity index (χ2n) is 3.91. The van der Waals surface area contributed by atoms with E-state index in [4.69, 9.17) is 4.74 Å². The number of rotatable bonds is 7. The molecule has 98 valence electrons. The zero-order chi connectivity index (χ0) is 13.5. The first-order chi connectivity index (χ1) is 8.49. The van der Waals surface area contributed by atoms with E-state index in [0.717, 1.165) is 12.8 Å². The van der Waals surface area contributed by atoms with Gasteiger partial charge in [0.15, 0.2) is 0 Å². The quantitative estimate of drug-likeness (QED) is 0.438. The molecule has 1 rings (SSSR count). The zero-order valence-electron chi connectivity index (χ0n) is 10.0. The average molecular weight is 316 g/mol. The molecule has 0 radical (unpaired) electrons. The van der Waals surface area contributed by atoms with Gasteiger partial charge in [0.1, 0.15) is 11.5 Å². The van der Waals surface area contributed by atoms with Crippen LogP contribution in [-0.4, -0.2) is 17.3 Å². The molecule has 0 aliphatic carbocycles. The Morgan fingerprint density at radius 1 is 1.39 bits per heavy atom. The van der Waals surface area contributed by atoms with E-state index < -0.39 is 4.92 Å². The second kappa shape index (κ2) is 7.10. The van der Waals surface area contributed by atoms with E-state index in [1.165, 1.54) is 12.1 Å². The minimum Gasteiger partial charge on any atom is -0.493 e. The number of non-ortho nitro benzene ring substituents is 1. The third-order valence-corrected chi connectivity index (χ3v) is 2.72. The summed E-state index contributed by atoms with van der Waals surface area (Å²) in [5, 5.41) is 10.6. The molecule has 0 spiro atoms. The molecule has 6 heteroatoms. The molecular weight excluding hydrogens is 302 g/mol. The molecule has 0 heterocycles. The molecule has 1 aromatic carbocycles. The highest BCUT2D eigenvalue weighted by Gasteiger charge is 2.09. The summed E-state index contributed by atoms with van der Waals surface area (Å²) in [5.41, 5.74) is -0.0110. The van der Waals surface area contributed by atoms with Crippen LogP contribution in [0.5, 0.6) is 5.75 Å². The number of nitro groups is 1. The van der Waals surface area contributed by atoms with Gasteiger partial charge in [-0.05, 0) is 25.8 Å². The van der Waals surface area contributed by atoms with Crippen molar-refractivity contribution < 1.29 is 14.5 Å². The fourth-order valence-electron chi connectivity index (χ4n) is 1.40. The van der Waals surface area contributed by atoms with Gasteiger partial charge >= 0.3 is 0 Å². The Kier molecular flexibility index (Phi) is 5.77. The topological polar surface area (TPSA) is 69.4 Å². The van der Waals surface area contributed by atoms with E-state index >= 15 is 0 Å². The number of Topliss-reactive ketones (excluding diaryl/α,β-unsaturated/α-hetero) is 1. The summed E-state index contributed by atoms with van der Waals surface area (Å²) in [4.78, 5) is 20.9. The van der Waals surface area contributed by atoms with Crippen molar-refractivity contribution in [3.05, 3.63) is 32.8 Å². The number of unbranched alkanes of at least 4 members (excludes halogenated alkanes) is 1. The smallest absolute Gasteiger partial charge is 0.274 e. The Morgan fingerprint density at radius 2 is 2.11 bits per heavy atom. The predicted octanol–water partition coefficient (Wildman–Crippen LogP) is 3.50. The molecule has 18 heavy (non-hydrogen) atoms. The fraction of sp³-hybridized carbons (Fsp3) is 0.417. The lowest BCUT2D eigenvalue weighted by Gasteiger charge is -2.06. The summed E-state index contributed by atoms with van der Waals surface area (Å²) >= 11 is 3.19. The van der Waals surface area contributed by atoms with Gasteiger partial charge in [0.2, 0.25) is 0 Å². The number of nitrogens with zero attached hydrogens (tertiary/aromatic N) is 1. The number of ketones is 1. The predicted molar refractivity (Wildman–Crippen MR) is 70.8 cm³/mol. The van der Waals surface area contributed by atoms with E-state index in [9.17, 15) is 14.9 Å². The molecule has 1 aromatic rings. The van der Waals surface area contributed by atoms with Crippen molar-refractivity contribution in [3.63, 3.8) is 0 Å². The number of ether oxygens (including phenoxy) is 1. The molecule has 0 saturated heterocycles. The molecule has 0 aliphatic rings. The highest BCUT2D eigenvalue weighted by atomic mass is 79.9. The third kappa shape index (κ3) is 5.27. The Labute approximate surface area is 113 Å². The van der Waals surface area contributed by atoms with E-state index in [1.54, 1.807) is 13.0 Å². The van der Waals surface area contributed by atoms with Crippen LogP contribution < -0.4 is 4.74 Å². The lowest BCUT2D eigenvalue weighted by Crippen LogP contribution is -1.99. The molecule has 0 aliphatic heterocycles. The normalized spacial score (nSPS) is 10.1. The highest BCUT2D eigenvalue weighted by Crippen LogP contribution is 2.26. The number of hydrogen-bond acceptors (Lipinski definition) is 4. The number of carbonyl (C=O) groups is 1. The van der Waals surface area contributed by atoms with Crippen molar-refractivity contribution in [2.75, 3.05) is 6.61 Å². The van der Waals surface area contributed by atoms with Crippen molar-refractivity contribution in [1.82, 2.24) is 0 Å². The van der Waals surface area contributed by atoms with Crippen molar-refractivity contribution in [1.29, 1.82) is 0 Å². The first-order valence-electron chi connectivity index (χ1n) is 5.56. The summed E-state index contributed by atoms with van der Waals surface area (Å²) in [6.07, 6.45) is 2.06. The van der Waals surface area contributed by atoms with E-state index in [2.05, 4.69) is 15.9 Å². The number of benzene rings is 1. The maximum atomic E-state index is 10.7. The summed E-state index contributed by atoms with van der Waals surface area (Å²) in [6, 6.07) is 4.48. The Balaban J connectivity index is 2.47. The van der Waals surface area contributed by atoms with Gasteiger partial charge in [-0.2, -0.15) is 0 Å². The molecule has 0 saturated carbocycles. The molecule has 5 nitrogen and oxygen atoms in total. The van der Waals surface area contributed by atoms with Gasteiger partial charge in [-0.25, -0.2) is 0 Å². The van der Waals surface area contributed by atoms with E-state index in [1.807, 2.05) is 0 Å². The fourth-order valence-corrected chi connectivity index (χ4v) is 1.86. The van der Waals surface area contributed by atoms with Crippen LogP contribution in [0.15, 0.2) is 22.7 Å². The number of hydrogen-bond donors (Lipinski definition) is 0. The standard InChI is InChI=1S/C12H14BrNO4/c1-9(15)4-2-3-5-18-12-7-10(13)6-11(8-12)14(16)17/h6-8H,2-5H2,1H3. The molecule has 0 fully saturated rings. The molecule has 0 amide bonds. The molecule has 0 aromatic heterocycles. The van der Waals surface area contributed by atoms with Crippen LogP contribution in [-0.2, 0) is 4.79 Å². The largest absolute Gasteiger partial charge is 0.493 e. The maximum absolute atomic E-state index is 10.7. The van der Waals surface area contributed by atoms with Crippen molar-refractivity contribution in [3.8, 4) is 5.75 Å². The van der Waals surface area contributed by atoms with Crippen LogP contribution in [0.25, 0.3) is 0 Å². The Hall–Kier alpha value is -1.43. The van der Waals surface area contributed by atoms with Crippen LogP contribution in [0.4, 0.5) is 5.69 Å². The second-order valence-corrected chi connectivity index (χ2v) is 4.83. The third-order valence-electron chi connectivity index (χ3n) is 2.26. The van der Waals surface area contributed by atoms with Gasteiger partial charge < -0.3 is 9.53 Å². The van der Waals surface area contributed by atoms with Crippen molar-refractivity contribution in [2.45, 2.75) is 26.2 Å². The SMILES string of the molecule is CC(=O)CCCCOc1cc(Br)cc([N+](=O)[O-])c1. The molecule has 0 unspecified atom stereocenters. The summed E-state index contributed by atoms with van der Waals surface area (Å²) in [7, 11) is 0. The molecule has 0 bridgehead atoms. The van der Waals surface area contributed by atoms with E-state index in [0.29, 0.717) is 23.2 Å². The minimum absolute atomic E-state index is 0.0110. The lowest BCUT2D eigenvalue weighted by atomic mass is 10.2. The first kappa shape index (κ1) is 14.6. The summed E-state index contributed by atoms with van der Waals surface area (Å²) in [5.74, 6) is 0.618. The van der Waals surface area contributed by atoms with Gasteiger partial charge in [-0.1, -0.05) is 15.9 Å². The molecule has 0 atom stereocenters. The van der Waals surface area contributed by atoms with Gasteiger partial charge in [-0.15, -0.1) is 0 Å². The molecule has 0 N–H and O–H groups in total. The monoisotopic (exact) mass is 315 g/mol. The Bertz CT molecular complexity index is 448. The van der Waals surface area contributed by atoms with Crippen molar-refractivity contribution >= 4 is 27.4 Å². The van der Waals surface area contributed by atoms with Crippen LogP contribution in [0.3, 0.4) is 0 Å². The highest BCUT2D eigenvalue weighted by molar-refractivity contribution is 9.10. The van der Waals surface area contributed by atoms with Crippen LogP contribution in [0.1, 0.15) is 26.2 Å². The van der Waals surface area contributed by atoms with E-state index in [-0.39, 0.29) is 11.5 Å². The van der Waals surface area contributed by atoms with Crippen molar-refractivity contribution in [2.24, 2.45) is 0 Å². The minimum atomic E-state index is -0.465. The van der Waals surface area contributed by atoms with Gasteiger partial charge in [0.25, 0.3) is 5.69 Å². The maximum Gasteiger partial charge on any atom is 0.274 e. The Morgan fingerprint density at radius 3 is 2.72 bits per heavy atom.